The summed E-state index contributed by atoms with van der Waals surface area (Å²) >= 11 is 0. The molecule has 1 aliphatic heterocycles. The average Bonchev–Trinajstić information content (AvgIpc) is 2.30. The fraction of sp³-hybridized carbons (Fsp3) is 0.846. The predicted octanol–water partition coefficient (Wildman–Crippen LogP) is 2.19. The minimum absolute atomic E-state index is 0.557. The molecule has 0 aromatic heterocycles. The standard InChI is InChI=1S/C13H23NO/c1-3-5-8-13(14-9-4-2)12-7-6-10-15-11-12/h1,12-14H,4-11H2,2H3. The van der Waals surface area contributed by atoms with Crippen molar-refractivity contribution in [3.63, 3.8) is 0 Å². The van der Waals surface area contributed by atoms with Gasteiger partial charge in [0.2, 0.25) is 0 Å². The monoisotopic (exact) mass is 209 g/mol. The van der Waals surface area contributed by atoms with Gasteiger partial charge in [0.15, 0.2) is 0 Å². The molecule has 0 spiro atoms. The fourth-order valence-corrected chi connectivity index (χ4v) is 2.16. The van der Waals surface area contributed by atoms with Crippen molar-refractivity contribution >= 4 is 0 Å². The summed E-state index contributed by atoms with van der Waals surface area (Å²) in [6, 6.07) is 0.557. The molecule has 1 N–H and O–H groups in total. The van der Waals surface area contributed by atoms with Gasteiger partial charge in [-0.2, -0.15) is 0 Å². The van der Waals surface area contributed by atoms with Gasteiger partial charge in [0.1, 0.15) is 0 Å². The van der Waals surface area contributed by atoms with E-state index in [-0.39, 0.29) is 0 Å². The van der Waals surface area contributed by atoms with Crippen LogP contribution in [0, 0.1) is 18.3 Å². The maximum Gasteiger partial charge on any atom is 0.0509 e. The van der Waals surface area contributed by atoms with Crippen LogP contribution in [0.3, 0.4) is 0 Å². The van der Waals surface area contributed by atoms with Crippen molar-refractivity contribution in [1.82, 2.24) is 5.32 Å². The molecule has 1 aliphatic rings. The number of terminal acetylenes is 1. The Morgan fingerprint density at radius 2 is 2.47 bits per heavy atom. The van der Waals surface area contributed by atoms with Crippen LogP contribution in [0.15, 0.2) is 0 Å². The number of nitrogens with one attached hydrogen (secondary N) is 1. The lowest BCUT2D eigenvalue weighted by Crippen LogP contribution is -2.40. The van der Waals surface area contributed by atoms with Gasteiger partial charge in [-0.15, -0.1) is 12.3 Å². The first kappa shape index (κ1) is 12.5. The zero-order chi connectivity index (χ0) is 10.9. The third-order valence-corrected chi connectivity index (χ3v) is 3.02. The van der Waals surface area contributed by atoms with E-state index in [0.29, 0.717) is 12.0 Å². The highest BCUT2D eigenvalue weighted by atomic mass is 16.5. The van der Waals surface area contributed by atoms with E-state index < -0.39 is 0 Å². The first-order chi connectivity index (χ1) is 7.38. The summed E-state index contributed by atoms with van der Waals surface area (Å²) in [6.45, 7) is 5.13. The van der Waals surface area contributed by atoms with E-state index in [1.807, 2.05) is 0 Å². The smallest absolute Gasteiger partial charge is 0.0509 e. The Hall–Kier alpha value is -0.520. The van der Waals surface area contributed by atoms with Gasteiger partial charge in [-0.1, -0.05) is 6.92 Å². The Labute approximate surface area is 93.8 Å². The van der Waals surface area contributed by atoms with Gasteiger partial charge in [-0.25, -0.2) is 0 Å². The summed E-state index contributed by atoms with van der Waals surface area (Å²) < 4.78 is 5.53. The van der Waals surface area contributed by atoms with Crippen molar-refractivity contribution in [2.45, 2.75) is 45.1 Å². The Morgan fingerprint density at radius 3 is 3.07 bits per heavy atom. The highest BCUT2D eigenvalue weighted by Crippen LogP contribution is 2.20. The number of hydrogen-bond acceptors (Lipinski definition) is 2. The van der Waals surface area contributed by atoms with Crippen LogP contribution in [0.5, 0.6) is 0 Å². The molecule has 0 radical (unpaired) electrons. The summed E-state index contributed by atoms with van der Waals surface area (Å²) in [5.41, 5.74) is 0. The molecule has 0 aliphatic carbocycles. The van der Waals surface area contributed by atoms with E-state index in [1.54, 1.807) is 0 Å². The molecule has 86 valence electrons. The van der Waals surface area contributed by atoms with E-state index >= 15 is 0 Å². The van der Waals surface area contributed by atoms with Gasteiger partial charge in [-0.3, -0.25) is 0 Å². The third-order valence-electron chi connectivity index (χ3n) is 3.02. The Balaban J connectivity index is 2.34. The van der Waals surface area contributed by atoms with Crippen molar-refractivity contribution in [2.75, 3.05) is 19.8 Å². The lowest BCUT2D eigenvalue weighted by atomic mass is 9.90. The second-order valence-corrected chi connectivity index (χ2v) is 4.28. The molecule has 0 bridgehead atoms. The lowest BCUT2D eigenvalue weighted by Gasteiger charge is -2.30. The fourth-order valence-electron chi connectivity index (χ4n) is 2.16. The third kappa shape index (κ3) is 4.68. The molecule has 0 aromatic carbocycles. The van der Waals surface area contributed by atoms with Crippen LogP contribution in [0.1, 0.15) is 39.0 Å². The number of ether oxygens (including phenoxy) is 1. The van der Waals surface area contributed by atoms with Crippen molar-refractivity contribution in [1.29, 1.82) is 0 Å². The summed E-state index contributed by atoms with van der Waals surface area (Å²) in [5.74, 6) is 3.40. The molecule has 2 nitrogen and oxygen atoms in total. The first-order valence-electron chi connectivity index (χ1n) is 6.13. The Kier molecular flexibility index (Phi) is 6.47. The molecule has 2 heteroatoms. The van der Waals surface area contributed by atoms with Crippen molar-refractivity contribution in [2.24, 2.45) is 5.92 Å². The lowest BCUT2D eigenvalue weighted by molar-refractivity contribution is 0.0382. The molecule has 2 unspecified atom stereocenters. The highest BCUT2D eigenvalue weighted by Gasteiger charge is 2.22. The van der Waals surface area contributed by atoms with Crippen LogP contribution >= 0.6 is 0 Å². The van der Waals surface area contributed by atoms with Crippen LogP contribution in [-0.4, -0.2) is 25.8 Å². The Bertz CT molecular complexity index is 191. The van der Waals surface area contributed by atoms with E-state index in [0.717, 1.165) is 32.6 Å². The molecule has 0 aromatic rings. The predicted molar refractivity (Wildman–Crippen MR) is 63.7 cm³/mol. The van der Waals surface area contributed by atoms with Gasteiger partial charge >= 0.3 is 0 Å². The van der Waals surface area contributed by atoms with Crippen molar-refractivity contribution in [3.05, 3.63) is 0 Å². The van der Waals surface area contributed by atoms with Gasteiger partial charge in [0.05, 0.1) is 6.61 Å². The van der Waals surface area contributed by atoms with Crippen LogP contribution in [0.2, 0.25) is 0 Å². The van der Waals surface area contributed by atoms with Crippen LogP contribution in [0.25, 0.3) is 0 Å². The Morgan fingerprint density at radius 1 is 1.60 bits per heavy atom. The van der Waals surface area contributed by atoms with Crippen LogP contribution in [-0.2, 0) is 4.74 Å². The molecule has 1 fully saturated rings. The summed E-state index contributed by atoms with van der Waals surface area (Å²) in [5, 5.41) is 3.60. The summed E-state index contributed by atoms with van der Waals surface area (Å²) in [4.78, 5) is 0. The second-order valence-electron chi connectivity index (χ2n) is 4.28. The second kappa shape index (κ2) is 7.73. The SMILES string of the molecule is C#CCCC(NCCC)C1CCCOC1. The molecule has 2 atom stereocenters. The number of hydrogen-bond donors (Lipinski definition) is 1. The van der Waals surface area contributed by atoms with Crippen molar-refractivity contribution in [3.8, 4) is 12.3 Å². The minimum atomic E-state index is 0.557. The zero-order valence-electron chi connectivity index (χ0n) is 9.80. The average molecular weight is 209 g/mol. The topological polar surface area (TPSA) is 21.3 Å². The zero-order valence-corrected chi connectivity index (χ0v) is 9.80. The van der Waals surface area contributed by atoms with Crippen molar-refractivity contribution < 1.29 is 4.74 Å². The van der Waals surface area contributed by atoms with Gasteiger partial charge in [0.25, 0.3) is 0 Å². The van der Waals surface area contributed by atoms with E-state index in [2.05, 4.69) is 18.2 Å². The first-order valence-corrected chi connectivity index (χ1v) is 6.13. The van der Waals surface area contributed by atoms with Gasteiger partial charge in [0, 0.05) is 19.1 Å². The molecule has 15 heavy (non-hydrogen) atoms. The van der Waals surface area contributed by atoms with Gasteiger partial charge in [-0.05, 0) is 38.1 Å². The number of rotatable bonds is 6. The molecule has 1 heterocycles. The van der Waals surface area contributed by atoms with E-state index in [1.165, 1.54) is 19.3 Å². The molecule has 1 rings (SSSR count). The van der Waals surface area contributed by atoms with E-state index in [4.69, 9.17) is 11.2 Å². The van der Waals surface area contributed by atoms with Crippen LogP contribution < -0.4 is 5.32 Å². The summed E-state index contributed by atoms with van der Waals surface area (Å²) in [6.07, 6.45) is 11.0. The highest BCUT2D eigenvalue weighted by molar-refractivity contribution is 4.88. The quantitative estimate of drug-likeness (QED) is 0.677. The molecular weight excluding hydrogens is 186 g/mol. The normalized spacial score (nSPS) is 23.3. The minimum Gasteiger partial charge on any atom is -0.381 e. The van der Waals surface area contributed by atoms with Gasteiger partial charge < -0.3 is 10.1 Å². The largest absolute Gasteiger partial charge is 0.381 e. The maximum atomic E-state index is 5.53. The summed E-state index contributed by atoms with van der Waals surface area (Å²) in [7, 11) is 0. The van der Waals surface area contributed by atoms with E-state index in [9.17, 15) is 0 Å². The molecule has 0 saturated carbocycles. The maximum absolute atomic E-state index is 5.53. The molecular formula is C13H23NO. The van der Waals surface area contributed by atoms with Crippen LogP contribution in [0.4, 0.5) is 0 Å². The molecule has 0 amide bonds. The molecule has 1 saturated heterocycles.